The highest BCUT2D eigenvalue weighted by molar-refractivity contribution is 5.96. The summed E-state index contributed by atoms with van der Waals surface area (Å²) < 4.78 is 27.2. The van der Waals surface area contributed by atoms with E-state index in [0.717, 1.165) is 18.4 Å². The third-order valence-corrected chi connectivity index (χ3v) is 3.85. The lowest BCUT2D eigenvalue weighted by Crippen LogP contribution is -2.01. The molecule has 0 saturated carbocycles. The van der Waals surface area contributed by atoms with E-state index in [1.807, 2.05) is 12.1 Å². The summed E-state index contributed by atoms with van der Waals surface area (Å²) in [6.45, 7) is 3.60. The van der Waals surface area contributed by atoms with Gasteiger partial charge in [-0.3, -0.25) is 0 Å². The fourth-order valence-corrected chi connectivity index (χ4v) is 2.57. The van der Waals surface area contributed by atoms with E-state index < -0.39 is 17.6 Å². The Morgan fingerprint density at radius 1 is 1.04 bits per heavy atom. The lowest BCUT2D eigenvalue weighted by Gasteiger charge is -2.10. The molecular formula is C20H20F2O2. The molecule has 126 valence electrons. The van der Waals surface area contributed by atoms with Crippen LogP contribution in [-0.4, -0.2) is 11.1 Å². The zero-order valence-electron chi connectivity index (χ0n) is 13.8. The molecule has 0 aliphatic rings. The molecule has 2 aromatic rings. The number of allylic oxidation sites excluding steroid dienone is 1. The van der Waals surface area contributed by atoms with Crippen LogP contribution in [0.5, 0.6) is 0 Å². The molecule has 0 amide bonds. The molecule has 0 aromatic heterocycles. The van der Waals surface area contributed by atoms with Gasteiger partial charge in [-0.05, 0) is 35.6 Å². The number of carboxylic acid groups (broad SMARTS) is 1. The molecule has 0 heterocycles. The molecule has 0 atom stereocenters. The lowest BCUT2D eigenvalue weighted by atomic mass is 9.95. The summed E-state index contributed by atoms with van der Waals surface area (Å²) in [6.07, 6.45) is 1.80. The average molecular weight is 330 g/mol. The number of carboxylic acids is 1. The van der Waals surface area contributed by atoms with Crippen LogP contribution in [0.2, 0.25) is 0 Å². The van der Waals surface area contributed by atoms with Crippen LogP contribution >= 0.6 is 0 Å². The standard InChI is InChI=1S/C20H20F2O2/c1-3-5-13-6-11-16(20(23)24)17(12-13)14-7-9-15(10-8-14)19(22)18(21)4-2/h6-12H,3-5H2,1-2H3,(H,23,24). The van der Waals surface area contributed by atoms with Crippen LogP contribution < -0.4 is 0 Å². The Bertz CT molecular complexity index is 762. The van der Waals surface area contributed by atoms with Gasteiger partial charge in [-0.15, -0.1) is 0 Å². The lowest BCUT2D eigenvalue weighted by molar-refractivity contribution is 0.0697. The van der Waals surface area contributed by atoms with Crippen molar-refractivity contribution in [2.24, 2.45) is 0 Å². The van der Waals surface area contributed by atoms with Gasteiger partial charge in [0.05, 0.1) is 5.56 Å². The van der Waals surface area contributed by atoms with E-state index in [9.17, 15) is 18.7 Å². The quantitative estimate of drug-likeness (QED) is 0.703. The molecule has 2 rings (SSSR count). The molecule has 0 radical (unpaired) electrons. The van der Waals surface area contributed by atoms with E-state index in [1.165, 1.54) is 12.1 Å². The Morgan fingerprint density at radius 2 is 1.71 bits per heavy atom. The Morgan fingerprint density at radius 3 is 2.25 bits per heavy atom. The van der Waals surface area contributed by atoms with E-state index in [2.05, 4.69) is 6.92 Å². The van der Waals surface area contributed by atoms with E-state index in [-0.39, 0.29) is 17.5 Å². The summed E-state index contributed by atoms with van der Waals surface area (Å²) in [6, 6.07) is 11.4. The first-order valence-corrected chi connectivity index (χ1v) is 7.99. The molecule has 4 heteroatoms. The summed E-state index contributed by atoms with van der Waals surface area (Å²) in [5, 5.41) is 9.38. The number of hydrogen-bond donors (Lipinski definition) is 1. The van der Waals surface area contributed by atoms with Gasteiger partial charge in [-0.25, -0.2) is 13.6 Å². The van der Waals surface area contributed by atoms with E-state index in [1.54, 1.807) is 25.1 Å². The second-order valence-corrected chi connectivity index (χ2v) is 5.58. The van der Waals surface area contributed by atoms with Crippen molar-refractivity contribution < 1.29 is 18.7 Å². The molecule has 0 spiro atoms. The van der Waals surface area contributed by atoms with Gasteiger partial charge in [0.15, 0.2) is 5.83 Å². The maximum atomic E-state index is 13.8. The van der Waals surface area contributed by atoms with E-state index in [4.69, 9.17) is 0 Å². The monoisotopic (exact) mass is 330 g/mol. The van der Waals surface area contributed by atoms with Crippen LogP contribution in [0.15, 0.2) is 48.3 Å². The molecule has 0 bridgehead atoms. The Hall–Kier alpha value is -2.49. The fourth-order valence-electron chi connectivity index (χ4n) is 2.57. The number of aromatic carboxylic acids is 1. The topological polar surface area (TPSA) is 37.3 Å². The normalized spacial score (nSPS) is 12.0. The van der Waals surface area contributed by atoms with Crippen molar-refractivity contribution in [3.63, 3.8) is 0 Å². The minimum atomic E-state index is -1.01. The minimum Gasteiger partial charge on any atom is -0.478 e. The van der Waals surface area contributed by atoms with Crippen LogP contribution in [0, 0.1) is 0 Å². The predicted molar refractivity (Wildman–Crippen MR) is 92.3 cm³/mol. The van der Waals surface area contributed by atoms with Gasteiger partial charge in [0.25, 0.3) is 0 Å². The SMILES string of the molecule is CCCc1ccc(C(=O)O)c(-c2ccc(C(F)=C(F)CC)cc2)c1. The van der Waals surface area contributed by atoms with E-state index in [0.29, 0.717) is 11.1 Å². The number of aryl methyl sites for hydroxylation is 1. The molecular weight excluding hydrogens is 310 g/mol. The average Bonchev–Trinajstić information content (AvgIpc) is 2.60. The van der Waals surface area contributed by atoms with Crippen molar-refractivity contribution in [3.8, 4) is 11.1 Å². The summed E-state index contributed by atoms with van der Waals surface area (Å²) in [7, 11) is 0. The summed E-state index contributed by atoms with van der Waals surface area (Å²) in [4.78, 5) is 11.5. The van der Waals surface area contributed by atoms with Gasteiger partial charge in [0, 0.05) is 5.56 Å². The number of carbonyl (C=O) groups is 1. The highest BCUT2D eigenvalue weighted by atomic mass is 19.2. The molecule has 0 aliphatic heterocycles. The minimum absolute atomic E-state index is 0.00416. The molecule has 2 nitrogen and oxygen atoms in total. The molecule has 24 heavy (non-hydrogen) atoms. The molecule has 0 fully saturated rings. The van der Waals surface area contributed by atoms with Crippen LogP contribution in [-0.2, 0) is 6.42 Å². The van der Waals surface area contributed by atoms with Gasteiger partial charge >= 0.3 is 5.97 Å². The largest absolute Gasteiger partial charge is 0.478 e. The fraction of sp³-hybridized carbons (Fsp3) is 0.250. The van der Waals surface area contributed by atoms with E-state index >= 15 is 0 Å². The third kappa shape index (κ3) is 3.88. The summed E-state index contributed by atoms with van der Waals surface area (Å²) in [5.74, 6) is -2.68. The maximum Gasteiger partial charge on any atom is 0.336 e. The zero-order valence-corrected chi connectivity index (χ0v) is 13.8. The van der Waals surface area contributed by atoms with Gasteiger partial charge in [-0.1, -0.05) is 56.7 Å². The maximum absolute atomic E-state index is 13.8. The first-order chi connectivity index (χ1) is 11.5. The number of halogens is 2. The highest BCUT2D eigenvalue weighted by Gasteiger charge is 2.13. The van der Waals surface area contributed by atoms with Crippen LogP contribution in [0.3, 0.4) is 0 Å². The smallest absolute Gasteiger partial charge is 0.336 e. The summed E-state index contributed by atoms with van der Waals surface area (Å²) >= 11 is 0. The van der Waals surface area contributed by atoms with Gasteiger partial charge in [0.1, 0.15) is 5.83 Å². The van der Waals surface area contributed by atoms with Crippen molar-refractivity contribution in [2.45, 2.75) is 33.1 Å². The molecule has 0 unspecified atom stereocenters. The third-order valence-electron chi connectivity index (χ3n) is 3.85. The van der Waals surface area contributed by atoms with Crippen molar-refractivity contribution in [1.82, 2.24) is 0 Å². The number of hydrogen-bond acceptors (Lipinski definition) is 1. The highest BCUT2D eigenvalue weighted by Crippen LogP contribution is 2.29. The van der Waals surface area contributed by atoms with Gasteiger partial charge in [-0.2, -0.15) is 0 Å². The molecule has 0 aliphatic carbocycles. The van der Waals surface area contributed by atoms with Gasteiger partial charge in [0.2, 0.25) is 0 Å². The van der Waals surface area contributed by atoms with Crippen molar-refractivity contribution in [3.05, 3.63) is 65.0 Å². The first-order valence-electron chi connectivity index (χ1n) is 7.99. The van der Waals surface area contributed by atoms with Crippen LogP contribution in [0.1, 0.15) is 48.2 Å². The van der Waals surface area contributed by atoms with Crippen molar-refractivity contribution >= 4 is 11.8 Å². The molecule has 2 aromatic carbocycles. The van der Waals surface area contributed by atoms with Crippen LogP contribution in [0.4, 0.5) is 8.78 Å². The molecule has 1 N–H and O–H groups in total. The van der Waals surface area contributed by atoms with Crippen LogP contribution in [0.25, 0.3) is 17.0 Å². The Balaban J connectivity index is 2.47. The second-order valence-electron chi connectivity index (χ2n) is 5.58. The van der Waals surface area contributed by atoms with Crippen molar-refractivity contribution in [1.29, 1.82) is 0 Å². The Labute approximate surface area is 140 Å². The van der Waals surface area contributed by atoms with Gasteiger partial charge < -0.3 is 5.11 Å². The second kappa shape index (κ2) is 7.86. The number of benzene rings is 2. The van der Waals surface area contributed by atoms with Crippen molar-refractivity contribution in [2.75, 3.05) is 0 Å². The number of rotatable bonds is 6. The molecule has 0 saturated heterocycles. The summed E-state index contributed by atoms with van der Waals surface area (Å²) in [5.41, 5.74) is 2.64. The Kier molecular flexibility index (Phi) is 5.85. The zero-order chi connectivity index (χ0) is 17.7. The predicted octanol–water partition coefficient (Wildman–Crippen LogP) is 6.02. The first kappa shape index (κ1) is 17.9.